The molecule has 3 fully saturated rings. The van der Waals surface area contributed by atoms with Gasteiger partial charge in [-0.1, -0.05) is 61.6 Å². The number of aliphatic hydroxyl groups is 3. The highest BCUT2D eigenvalue weighted by atomic mass is 16.7. The quantitative estimate of drug-likeness (QED) is 0.0357. The topological polar surface area (TPSA) is 301 Å². The van der Waals surface area contributed by atoms with Gasteiger partial charge in [-0.15, -0.1) is 0 Å². The van der Waals surface area contributed by atoms with E-state index in [1.165, 1.54) is 12.4 Å². The molecular formula is C51H54N4O13. The second-order valence-electron chi connectivity index (χ2n) is 19.5. The fraction of sp³-hybridized carbons (Fsp3) is 0.412. The number of carbonyl (C=O) groups excluding carboxylic acids is 1. The summed E-state index contributed by atoms with van der Waals surface area (Å²) in [6.07, 6.45) is 6.60. The van der Waals surface area contributed by atoms with E-state index in [1.54, 1.807) is 12.1 Å². The van der Waals surface area contributed by atoms with Gasteiger partial charge in [-0.25, -0.2) is 4.79 Å². The first-order valence-electron chi connectivity index (χ1n) is 22.9. The van der Waals surface area contributed by atoms with Gasteiger partial charge in [0.05, 0.1) is 12.0 Å². The van der Waals surface area contributed by atoms with Crippen molar-refractivity contribution in [3.05, 3.63) is 106 Å². The number of phenolic OH excluding ortho intramolecular Hbond substituents is 3. The van der Waals surface area contributed by atoms with Gasteiger partial charge in [0.25, 0.3) is 0 Å². The maximum absolute atomic E-state index is 14.4. The number of allylic oxidation sites excluding steroid dienone is 4. The van der Waals surface area contributed by atoms with E-state index in [1.807, 2.05) is 25.2 Å². The number of aliphatic carboxylic acids is 1. The SMILES string of the molecule is CNC1C2C=CC3C(CC4c5ccccc5C=C(c5cc(O)ccc5-c5cc(=O)c6c(O)c(O)c(OC7OC(C(=O)O)C(O)C(O)(CN=C(N)N)C7O)cc6o5)C4C31C=O)C2C1C=CCC(C)C1. The summed E-state index contributed by atoms with van der Waals surface area (Å²) in [6.45, 7) is 1.41. The average Bonchev–Trinajstić information content (AvgIpc) is 3.32. The Morgan fingerprint density at radius 1 is 1.00 bits per heavy atom. The van der Waals surface area contributed by atoms with Gasteiger partial charge in [0.1, 0.15) is 46.6 Å². The van der Waals surface area contributed by atoms with Crippen LogP contribution in [-0.4, -0.2) is 104 Å². The average molecular weight is 931 g/mol. The van der Waals surface area contributed by atoms with Crippen molar-refractivity contribution in [3.63, 3.8) is 0 Å². The number of rotatable bonds is 10. The molecule has 0 radical (unpaired) electrons. The lowest BCUT2D eigenvalue weighted by molar-refractivity contribution is -0.303. The fourth-order valence-electron chi connectivity index (χ4n) is 13.2. The molecule has 1 saturated heterocycles. The molecule has 17 nitrogen and oxygen atoms in total. The Morgan fingerprint density at radius 2 is 1.78 bits per heavy atom. The number of hydrogen-bond acceptors (Lipinski definition) is 14. The zero-order valence-corrected chi connectivity index (χ0v) is 37.2. The number of phenols is 3. The van der Waals surface area contributed by atoms with Crippen molar-refractivity contribution in [2.75, 3.05) is 13.6 Å². The lowest BCUT2D eigenvalue weighted by Crippen LogP contribution is -2.70. The standard InChI is InChI=1S/C51H54N4O13/c1-22-6-5-8-24(14-22)38-28-12-13-33-32(38)17-31-26-9-4-3-7-23(26)15-30(40(31)50(33,21-56)44(28)54-2)29-16-25(57)10-11-27(29)35-18-34(58)39-36(66-35)19-37(41(59)42(39)60)67-48-46(62)51(65,20-55-49(52)53)45(61)43(68-48)47(63)64/h3-5,7-13,15-16,18-19,21-22,24,28,31-33,38,40,43-46,48,54,57,59-62,65H,6,14,17,20H2,1-2H3,(H,63,64)(H4,52,53,55). The predicted octanol–water partition coefficient (Wildman–Crippen LogP) is 3.57. The highest BCUT2D eigenvalue weighted by Crippen LogP contribution is 2.70. The van der Waals surface area contributed by atoms with Crippen LogP contribution in [-0.2, 0) is 14.3 Å². The number of ether oxygens (including phenoxy) is 2. The highest BCUT2D eigenvalue weighted by Gasteiger charge is 2.69. The molecule has 68 heavy (non-hydrogen) atoms. The molecule has 356 valence electrons. The summed E-state index contributed by atoms with van der Waals surface area (Å²) < 4.78 is 17.5. The summed E-state index contributed by atoms with van der Waals surface area (Å²) in [5, 5.41) is 80.0. The van der Waals surface area contributed by atoms with E-state index in [2.05, 4.69) is 53.7 Å². The molecule has 11 rings (SSSR count). The van der Waals surface area contributed by atoms with Crippen molar-refractivity contribution < 1.29 is 59.2 Å². The summed E-state index contributed by atoms with van der Waals surface area (Å²) >= 11 is 0. The molecule has 0 amide bonds. The van der Waals surface area contributed by atoms with Crippen LogP contribution < -0.4 is 26.9 Å². The number of carbonyl (C=O) groups is 2. The Bertz CT molecular complexity index is 2910. The molecule has 3 aromatic carbocycles. The third-order valence-corrected chi connectivity index (χ3v) is 15.9. The number of hydrogen-bond donors (Lipinski definition) is 10. The molecule has 1 aliphatic heterocycles. The van der Waals surface area contributed by atoms with Crippen molar-refractivity contribution >= 4 is 40.8 Å². The molecule has 4 bridgehead atoms. The first-order valence-corrected chi connectivity index (χ1v) is 22.9. The van der Waals surface area contributed by atoms with Gasteiger partial charge in [-0.3, -0.25) is 9.79 Å². The van der Waals surface area contributed by atoms with Gasteiger partial charge in [0, 0.05) is 29.7 Å². The third-order valence-electron chi connectivity index (χ3n) is 15.9. The minimum atomic E-state index is -2.76. The van der Waals surface area contributed by atoms with Crippen LogP contribution in [0.3, 0.4) is 0 Å². The van der Waals surface area contributed by atoms with Crippen LogP contribution in [0.25, 0.3) is 33.9 Å². The number of aliphatic hydroxyl groups excluding tert-OH is 2. The summed E-state index contributed by atoms with van der Waals surface area (Å²) in [4.78, 5) is 44.2. The Kier molecular flexibility index (Phi) is 11.1. The van der Waals surface area contributed by atoms with E-state index >= 15 is 0 Å². The van der Waals surface area contributed by atoms with Crippen LogP contribution in [0.5, 0.6) is 23.0 Å². The van der Waals surface area contributed by atoms with Crippen molar-refractivity contribution in [1.82, 2.24) is 5.32 Å². The van der Waals surface area contributed by atoms with Crippen molar-refractivity contribution in [2.24, 2.45) is 63.3 Å². The minimum Gasteiger partial charge on any atom is -0.508 e. The largest absolute Gasteiger partial charge is 0.508 e. The molecule has 2 heterocycles. The number of aliphatic imine (C=N–C) groups is 1. The maximum Gasteiger partial charge on any atom is 0.335 e. The number of nitrogens with zero attached hydrogens (tertiary/aromatic N) is 1. The molecule has 15 unspecified atom stereocenters. The van der Waals surface area contributed by atoms with Crippen molar-refractivity contribution in [3.8, 4) is 34.3 Å². The number of guanidine groups is 1. The summed E-state index contributed by atoms with van der Waals surface area (Å²) in [7, 11) is 1.93. The molecule has 6 aliphatic carbocycles. The van der Waals surface area contributed by atoms with E-state index in [0.29, 0.717) is 28.9 Å². The zero-order valence-electron chi connectivity index (χ0n) is 37.2. The summed E-state index contributed by atoms with van der Waals surface area (Å²) in [5.74, 6) is -4.22. The van der Waals surface area contributed by atoms with Crippen LogP contribution in [0.2, 0.25) is 0 Å². The number of carboxylic acid groups (broad SMARTS) is 1. The number of nitrogens with two attached hydrogens (primary N) is 2. The van der Waals surface area contributed by atoms with Crippen molar-refractivity contribution in [1.29, 1.82) is 0 Å². The Morgan fingerprint density at radius 3 is 2.50 bits per heavy atom. The highest BCUT2D eigenvalue weighted by molar-refractivity contribution is 5.96. The minimum absolute atomic E-state index is 0.0261. The third kappa shape index (κ3) is 6.76. The number of benzene rings is 3. The molecule has 17 heteroatoms. The Labute approximate surface area is 389 Å². The first kappa shape index (κ1) is 45.3. The molecule has 0 spiro atoms. The number of nitrogens with one attached hydrogen (secondary N) is 1. The number of fused-ring (bicyclic) bond motifs is 4. The Hall–Kier alpha value is -6.50. The predicted molar refractivity (Wildman–Crippen MR) is 248 cm³/mol. The number of aromatic hydroxyl groups is 3. The molecule has 12 N–H and O–H groups in total. The van der Waals surface area contributed by atoms with Gasteiger partial charge in [-0.2, -0.15) is 0 Å². The van der Waals surface area contributed by atoms with E-state index in [9.17, 15) is 50.1 Å². The van der Waals surface area contributed by atoms with Gasteiger partial charge in [-0.05, 0) is 108 Å². The van der Waals surface area contributed by atoms with E-state index in [0.717, 1.165) is 48.1 Å². The second kappa shape index (κ2) is 16.6. The van der Waals surface area contributed by atoms with Crippen LogP contribution in [0.15, 0.2) is 93.1 Å². The smallest absolute Gasteiger partial charge is 0.335 e. The van der Waals surface area contributed by atoms with Gasteiger partial charge < -0.3 is 71.2 Å². The molecule has 1 aromatic heterocycles. The summed E-state index contributed by atoms with van der Waals surface area (Å²) in [5.41, 5.74) is 9.70. The summed E-state index contributed by atoms with van der Waals surface area (Å²) in [6, 6.07) is 14.7. The first-order chi connectivity index (χ1) is 32.5. The van der Waals surface area contributed by atoms with E-state index < -0.39 is 88.1 Å². The van der Waals surface area contributed by atoms with Crippen LogP contribution in [0.1, 0.15) is 48.8 Å². The van der Waals surface area contributed by atoms with Crippen LogP contribution >= 0.6 is 0 Å². The van der Waals surface area contributed by atoms with Crippen molar-refractivity contribution in [2.45, 2.75) is 68.3 Å². The molecule has 7 aliphatic rings. The monoisotopic (exact) mass is 930 g/mol. The van der Waals surface area contributed by atoms with Crippen LogP contribution in [0, 0.1) is 46.8 Å². The fourth-order valence-corrected chi connectivity index (χ4v) is 13.2. The van der Waals surface area contributed by atoms with Crippen LogP contribution in [0.4, 0.5) is 0 Å². The second-order valence-corrected chi connectivity index (χ2v) is 19.5. The molecular weight excluding hydrogens is 877 g/mol. The van der Waals surface area contributed by atoms with Gasteiger partial charge >= 0.3 is 5.97 Å². The zero-order chi connectivity index (χ0) is 48.1. The Balaban J connectivity index is 1.09. The van der Waals surface area contributed by atoms with E-state index in [4.69, 9.17) is 25.4 Å². The number of aldehydes is 1. The lowest BCUT2D eigenvalue weighted by Gasteiger charge is -2.67. The maximum atomic E-state index is 14.4. The van der Waals surface area contributed by atoms with Gasteiger partial charge in [0.15, 0.2) is 29.0 Å². The normalized spacial score (nSPS) is 35.5. The number of carboxylic acids is 1. The molecule has 2 saturated carbocycles. The lowest BCUT2D eigenvalue weighted by atomic mass is 9.36. The van der Waals surface area contributed by atoms with Gasteiger partial charge in [0.2, 0.25) is 12.0 Å². The van der Waals surface area contributed by atoms with E-state index in [-0.39, 0.29) is 46.8 Å². The molecule has 15 atom stereocenters. The molecule has 4 aromatic rings.